The Balaban J connectivity index is 2.27. The first kappa shape index (κ1) is 8.76. The van der Waals surface area contributed by atoms with Gasteiger partial charge in [0.15, 0.2) is 0 Å². The molecule has 0 bridgehead atoms. The summed E-state index contributed by atoms with van der Waals surface area (Å²) in [5, 5.41) is 7.78. The van der Waals surface area contributed by atoms with E-state index >= 15 is 0 Å². The van der Waals surface area contributed by atoms with Crippen molar-refractivity contribution in [1.29, 1.82) is 5.41 Å². The molecule has 1 aliphatic carbocycles. The first-order valence-corrected chi connectivity index (χ1v) is 4.92. The molecule has 1 N–H and O–H groups in total. The molecular weight excluding hydrogens is 134 g/mol. The molecule has 1 aliphatic rings. The van der Waals surface area contributed by atoms with Crippen LogP contribution in [0, 0.1) is 11.3 Å². The van der Waals surface area contributed by atoms with Gasteiger partial charge in [-0.15, -0.1) is 0 Å². The van der Waals surface area contributed by atoms with Crippen LogP contribution in [0.4, 0.5) is 0 Å². The van der Waals surface area contributed by atoms with Crippen molar-refractivity contribution in [3.05, 3.63) is 0 Å². The van der Waals surface area contributed by atoms with Crippen LogP contribution in [0.25, 0.3) is 0 Å². The molecule has 11 heavy (non-hydrogen) atoms. The lowest BCUT2D eigenvalue weighted by Gasteiger charge is -2.21. The van der Waals surface area contributed by atoms with Crippen molar-refractivity contribution < 1.29 is 0 Å². The molecule has 1 rings (SSSR count). The van der Waals surface area contributed by atoms with Crippen LogP contribution in [0.5, 0.6) is 0 Å². The van der Waals surface area contributed by atoms with Gasteiger partial charge in [-0.25, -0.2) is 0 Å². The van der Waals surface area contributed by atoms with Crippen LogP contribution in [0.1, 0.15) is 51.9 Å². The Hall–Kier alpha value is -0.330. The van der Waals surface area contributed by atoms with Gasteiger partial charge >= 0.3 is 0 Å². The van der Waals surface area contributed by atoms with E-state index in [1.54, 1.807) is 0 Å². The maximum absolute atomic E-state index is 7.78. The van der Waals surface area contributed by atoms with Crippen molar-refractivity contribution in [2.24, 2.45) is 5.92 Å². The van der Waals surface area contributed by atoms with Gasteiger partial charge in [-0.1, -0.05) is 32.6 Å². The smallest absolute Gasteiger partial charge is 0.0120 e. The lowest BCUT2D eigenvalue weighted by atomic mass is 9.84. The van der Waals surface area contributed by atoms with Crippen molar-refractivity contribution in [3.63, 3.8) is 0 Å². The second-order valence-electron chi connectivity index (χ2n) is 3.61. The fourth-order valence-corrected chi connectivity index (χ4v) is 1.92. The molecule has 1 saturated carbocycles. The van der Waals surface area contributed by atoms with Crippen LogP contribution in [0.3, 0.4) is 0 Å². The van der Waals surface area contributed by atoms with Crippen LogP contribution in [0.15, 0.2) is 0 Å². The normalized spacial score (nSPS) is 20.1. The monoisotopic (exact) mass is 153 g/mol. The minimum atomic E-state index is 0.656. The van der Waals surface area contributed by atoms with Crippen molar-refractivity contribution in [1.82, 2.24) is 0 Å². The minimum absolute atomic E-state index is 0.656. The third-order valence-electron chi connectivity index (χ3n) is 2.62. The van der Waals surface area contributed by atoms with Gasteiger partial charge in [0.05, 0.1) is 0 Å². The number of hydrogen-bond acceptors (Lipinski definition) is 1. The minimum Gasteiger partial charge on any atom is -0.309 e. The Morgan fingerprint density at radius 1 is 1.27 bits per heavy atom. The number of rotatable bonds is 3. The second-order valence-corrected chi connectivity index (χ2v) is 3.61. The first-order chi connectivity index (χ1) is 5.34. The van der Waals surface area contributed by atoms with E-state index in [-0.39, 0.29) is 0 Å². The summed E-state index contributed by atoms with van der Waals surface area (Å²) in [6.45, 7) is 2.16. The average molecular weight is 153 g/mol. The third kappa shape index (κ3) is 2.64. The fraction of sp³-hybridized carbons (Fsp3) is 0.900. The highest BCUT2D eigenvalue weighted by molar-refractivity contribution is 5.83. The van der Waals surface area contributed by atoms with Gasteiger partial charge in [-0.3, -0.25) is 0 Å². The molecule has 0 atom stereocenters. The van der Waals surface area contributed by atoms with Gasteiger partial charge in [0.1, 0.15) is 0 Å². The van der Waals surface area contributed by atoms with E-state index in [0.717, 1.165) is 18.6 Å². The molecule has 64 valence electrons. The lowest BCUT2D eigenvalue weighted by molar-refractivity contribution is 0.433. The highest BCUT2D eigenvalue weighted by Crippen LogP contribution is 2.25. The zero-order chi connectivity index (χ0) is 8.10. The summed E-state index contributed by atoms with van der Waals surface area (Å²) in [4.78, 5) is 0. The quantitative estimate of drug-likeness (QED) is 0.601. The predicted molar refractivity (Wildman–Crippen MR) is 49.2 cm³/mol. The second kappa shape index (κ2) is 4.53. The maximum atomic E-state index is 7.78. The Labute approximate surface area is 69.7 Å². The molecular formula is C10H19N. The van der Waals surface area contributed by atoms with E-state index < -0.39 is 0 Å². The van der Waals surface area contributed by atoms with Gasteiger partial charge in [-0.2, -0.15) is 0 Å². The van der Waals surface area contributed by atoms with Crippen LogP contribution in [-0.4, -0.2) is 5.71 Å². The molecule has 0 aromatic heterocycles. The highest BCUT2D eigenvalue weighted by atomic mass is 14.4. The highest BCUT2D eigenvalue weighted by Gasteiger charge is 2.16. The van der Waals surface area contributed by atoms with Crippen molar-refractivity contribution in [2.45, 2.75) is 51.9 Å². The summed E-state index contributed by atoms with van der Waals surface area (Å²) in [7, 11) is 0. The van der Waals surface area contributed by atoms with E-state index in [1.165, 1.54) is 32.1 Å². The van der Waals surface area contributed by atoms with Crippen LogP contribution in [-0.2, 0) is 0 Å². The molecule has 1 fully saturated rings. The van der Waals surface area contributed by atoms with Crippen LogP contribution < -0.4 is 0 Å². The molecule has 0 amide bonds. The summed E-state index contributed by atoms with van der Waals surface area (Å²) in [6.07, 6.45) is 8.88. The molecule has 0 spiro atoms. The fourth-order valence-electron chi connectivity index (χ4n) is 1.92. The Kier molecular flexibility index (Phi) is 3.61. The molecule has 1 heteroatoms. The summed E-state index contributed by atoms with van der Waals surface area (Å²) in [6, 6.07) is 0. The van der Waals surface area contributed by atoms with Gasteiger partial charge in [0, 0.05) is 5.71 Å². The van der Waals surface area contributed by atoms with E-state index in [0.29, 0.717) is 5.92 Å². The predicted octanol–water partition coefficient (Wildman–Crippen LogP) is 3.39. The SMILES string of the molecule is CCCC(=N)C1CCCCC1. The standard InChI is InChI=1S/C10H19N/c1-2-6-10(11)9-7-4-3-5-8-9/h9,11H,2-8H2,1H3. The van der Waals surface area contributed by atoms with Crippen molar-refractivity contribution >= 4 is 5.71 Å². The topological polar surface area (TPSA) is 23.9 Å². The molecule has 0 heterocycles. The molecule has 0 saturated heterocycles. The molecule has 0 radical (unpaired) electrons. The van der Waals surface area contributed by atoms with E-state index in [1.807, 2.05) is 0 Å². The van der Waals surface area contributed by atoms with Gasteiger partial charge in [0.2, 0.25) is 0 Å². The summed E-state index contributed by atoms with van der Waals surface area (Å²) >= 11 is 0. The first-order valence-electron chi connectivity index (χ1n) is 4.92. The third-order valence-corrected chi connectivity index (χ3v) is 2.62. The van der Waals surface area contributed by atoms with Gasteiger partial charge < -0.3 is 5.41 Å². The zero-order valence-electron chi connectivity index (χ0n) is 7.53. The van der Waals surface area contributed by atoms with Crippen LogP contribution >= 0.6 is 0 Å². The molecule has 0 aliphatic heterocycles. The van der Waals surface area contributed by atoms with Crippen LogP contribution in [0.2, 0.25) is 0 Å². The average Bonchev–Trinajstić information content (AvgIpc) is 2.07. The number of hydrogen-bond donors (Lipinski definition) is 1. The van der Waals surface area contributed by atoms with E-state index in [4.69, 9.17) is 5.41 Å². The molecule has 0 aromatic carbocycles. The van der Waals surface area contributed by atoms with Crippen molar-refractivity contribution in [2.75, 3.05) is 0 Å². The maximum Gasteiger partial charge on any atom is 0.0120 e. The molecule has 1 nitrogen and oxygen atoms in total. The number of nitrogens with one attached hydrogen (secondary N) is 1. The summed E-state index contributed by atoms with van der Waals surface area (Å²) in [5.41, 5.74) is 1.02. The Bertz CT molecular complexity index is 123. The van der Waals surface area contributed by atoms with E-state index in [9.17, 15) is 0 Å². The summed E-state index contributed by atoms with van der Waals surface area (Å²) < 4.78 is 0. The van der Waals surface area contributed by atoms with E-state index in [2.05, 4.69) is 6.92 Å². The van der Waals surface area contributed by atoms with Gasteiger partial charge in [0.25, 0.3) is 0 Å². The Morgan fingerprint density at radius 3 is 2.45 bits per heavy atom. The zero-order valence-corrected chi connectivity index (χ0v) is 7.53. The lowest BCUT2D eigenvalue weighted by Crippen LogP contribution is -2.16. The molecule has 0 unspecified atom stereocenters. The Morgan fingerprint density at radius 2 is 1.91 bits per heavy atom. The molecule has 0 aromatic rings. The van der Waals surface area contributed by atoms with Crippen molar-refractivity contribution in [3.8, 4) is 0 Å². The largest absolute Gasteiger partial charge is 0.309 e. The van der Waals surface area contributed by atoms with Gasteiger partial charge in [-0.05, 0) is 25.2 Å². The summed E-state index contributed by atoms with van der Waals surface area (Å²) in [5.74, 6) is 0.656.